The highest BCUT2D eigenvalue weighted by molar-refractivity contribution is 7.89. The minimum absolute atomic E-state index is 0.0374. The Morgan fingerprint density at radius 3 is 2.77 bits per heavy atom. The first kappa shape index (κ1) is 20.7. The lowest BCUT2D eigenvalue weighted by Crippen LogP contribution is -2.46. The van der Waals surface area contributed by atoms with Crippen molar-refractivity contribution in [2.24, 2.45) is 5.14 Å². The lowest BCUT2D eigenvalue weighted by molar-refractivity contribution is -0.131. The van der Waals surface area contributed by atoms with Crippen molar-refractivity contribution in [1.29, 1.82) is 0 Å². The van der Waals surface area contributed by atoms with Crippen LogP contribution in [0.15, 0.2) is 52.1 Å². The molecule has 2 aliphatic heterocycles. The number of nitrogens with two attached hydrogens (primary N) is 1. The van der Waals surface area contributed by atoms with Crippen molar-refractivity contribution in [2.75, 3.05) is 18.0 Å². The number of benzene rings is 1. The topological polar surface area (TPSA) is 83.7 Å². The van der Waals surface area contributed by atoms with E-state index in [9.17, 15) is 13.2 Å². The molecule has 0 bridgehead atoms. The number of hydrogen-bond donors (Lipinski definition) is 1. The van der Waals surface area contributed by atoms with E-state index < -0.39 is 10.0 Å². The normalized spacial score (nSPS) is 20.6. The first-order chi connectivity index (χ1) is 14.8. The highest BCUT2D eigenvalue weighted by Gasteiger charge is 2.36. The van der Waals surface area contributed by atoms with Gasteiger partial charge in [-0.2, -0.15) is 0 Å². The molecule has 0 unspecified atom stereocenters. The van der Waals surface area contributed by atoms with Gasteiger partial charge in [-0.1, -0.05) is 6.07 Å². The lowest BCUT2D eigenvalue weighted by atomic mass is 9.98. The summed E-state index contributed by atoms with van der Waals surface area (Å²) in [5, 5.41) is 9.46. The first-order valence-electron chi connectivity index (χ1n) is 10.1. The Kier molecular flexibility index (Phi) is 5.16. The number of sulfonamides is 1. The molecule has 0 spiro atoms. The smallest absolute Gasteiger partial charge is 0.242 e. The van der Waals surface area contributed by atoms with Gasteiger partial charge < -0.3 is 9.80 Å². The Labute approximate surface area is 190 Å². The van der Waals surface area contributed by atoms with Crippen molar-refractivity contribution in [1.82, 2.24) is 4.90 Å². The van der Waals surface area contributed by atoms with E-state index in [1.54, 1.807) is 34.8 Å². The summed E-state index contributed by atoms with van der Waals surface area (Å²) in [5.41, 5.74) is 3.06. The fraction of sp³-hybridized carbons (Fsp3) is 0.318. The summed E-state index contributed by atoms with van der Waals surface area (Å²) in [6, 6.07) is 11.3. The highest BCUT2D eigenvalue weighted by atomic mass is 32.2. The van der Waals surface area contributed by atoms with Gasteiger partial charge in [0.2, 0.25) is 15.9 Å². The second-order valence-electron chi connectivity index (χ2n) is 8.07. The molecule has 31 heavy (non-hydrogen) atoms. The summed E-state index contributed by atoms with van der Waals surface area (Å²) in [6.45, 7) is 3.03. The van der Waals surface area contributed by atoms with Crippen LogP contribution in [-0.2, 0) is 27.7 Å². The highest BCUT2D eigenvalue weighted by Crippen LogP contribution is 2.40. The van der Waals surface area contributed by atoms with Gasteiger partial charge in [0.1, 0.15) is 0 Å². The SMILES string of the molecule is C[C@H]1Cc2cc(S(N)(=O)=O)ccc2N1CC(=O)N1CCc2sccc2[C@H]1c1cccs1. The predicted molar refractivity (Wildman–Crippen MR) is 124 cm³/mol. The standard InChI is InChI=1S/C22H23N3O3S3/c1-14-11-15-12-16(31(23,27)28)4-5-18(15)25(14)13-21(26)24-8-6-19-17(7-10-30-19)22(24)20-3-2-9-29-20/h2-5,7,9-10,12,14,22H,6,8,11,13H2,1H3,(H2,23,27,28)/t14-,22-/m0/s1. The number of thiophene rings is 2. The minimum Gasteiger partial charge on any atom is -0.359 e. The van der Waals surface area contributed by atoms with Crippen molar-refractivity contribution in [3.63, 3.8) is 0 Å². The van der Waals surface area contributed by atoms with Crippen LogP contribution in [0.5, 0.6) is 0 Å². The molecule has 0 fully saturated rings. The minimum atomic E-state index is -3.75. The number of nitrogens with zero attached hydrogens (tertiary/aromatic N) is 2. The second-order valence-corrected chi connectivity index (χ2v) is 11.6. The molecule has 3 aromatic rings. The Hall–Kier alpha value is -2.20. The summed E-state index contributed by atoms with van der Waals surface area (Å²) in [5.74, 6) is 0.0884. The van der Waals surface area contributed by atoms with Crippen molar-refractivity contribution in [3.05, 3.63) is 68.0 Å². The maximum atomic E-state index is 13.5. The van der Waals surface area contributed by atoms with E-state index in [1.807, 2.05) is 11.0 Å². The summed E-state index contributed by atoms with van der Waals surface area (Å²) >= 11 is 3.45. The molecule has 9 heteroatoms. The molecule has 6 nitrogen and oxygen atoms in total. The molecular weight excluding hydrogens is 450 g/mol. The Bertz CT molecular complexity index is 1230. The summed E-state index contributed by atoms with van der Waals surface area (Å²) < 4.78 is 23.4. The third-order valence-electron chi connectivity index (χ3n) is 6.14. The maximum absolute atomic E-state index is 13.5. The fourth-order valence-electron chi connectivity index (χ4n) is 4.66. The van der Waals surface area contributed by atoms with Gasteiger partial charge in [-0.25, -0.2) is 13.6 Å². The number of carbonyl (C=O) groups excluding carboxylic acids is 1. The fourth-order valence-corrected chi connectivity index (χ4v) is 6.99. The van der Waals surface area contributed by atoms with E-state index in [1.165, 1.54) is 21.4 Å². The summed E-state index contributed by atoms with van der Waals surface area (Å²) in [4.78, 5) is 20.3. The van der Waals surface area contributed by atoms with E-state index in [4.69, 9.17) is 5.14 Å². The van der Waals surface area contributed by atoms with Crippen LogP contribution in [0.3, 0.4) is 0 Å². The van der Waals surface area contributed by atoms with Gasteiger partial charge in [0.15, 0.2) is 0 Å². The van der Waals surface area contributed by atoms with E-state index in [0.717, 1.165) is 17.7 Å². The molecule has 2 atom stereocenters. The monoisotopic (exact) mass is 473 g/mol. The van der Waals surface area contributed by atoms with Gasteiger partial charge in [-0.05, 0) is 72.0 Å². The zero-order chi connectivity index (χ0) is 21.8. The van der Waals surface area contributed by atoms with Crippen LogP contribution < -0.4 is 10.0 Å². The van der Waals surface area contributed by atoms with Crippen LogP contribution in [0, 0.1) is 0 Å². The van der Waals surface area contributed by atoms with Gasteiger partial charge in [0.25, 0.3) is 0 Å². The molecule has 5 rings (SSSR count). The van der Waals surface area contributed by atoms with Crippen LogP contribution in [-0.4, -0.2) is 38.4 Å². The Morgan fingerprint density at radius 2 is 2.03 bits per heavy atom. The van der Waals surface area contributed by atoms with Gasteiger partial charge in [-0.15, -0.1) is 22.7 Å². The molecule has 2 N–H and O–H groups in total. The van der Waals surface area contributed by atoms with Gasteiger partial charge in [-0.3, -0.25) is 4.79 Å². The lowest BCUT2D eigenvalue weighted by Gasteiger charge is -2.37. The van der Waals surface area contributed by atoms with Crippen molar-refractivity contribution in [2.45, 2.75) is 36.7 Å². The predicted octanol–water partition coefficient (Wildman–Crippen LogP) is 3.38. The van der Waals surface area contributed by atoms with Crippen molar-refractivity contribution in [3.8, 4) is 0 Å². The van der Waals surface area contributed by atoms with E-state index in [0.29, 0.717) is 13.0 Å². The van der Waals surface area contributed by atoms with E-state index in [2.05, 4.69) is 34.7 Å². The third-order valence-corrected chi connectivity index (χ3v) is 8.97. The van der Waals surface area contributed by atoms with Crippen LogP contribution in [0.25, 0.3) is 0 Å². The Balaban J connectivity index is 1.43. The number of primary sulfonamides is 1. The molecule has 0 saturated heterocycles. The molecule has 162 valence electrons. The first-order valence-corrected chi connectivity index (χ1v) is 13.4. The average Bonchev–Trinajstić information content (AvgIpc) is 3.46. The molecule has 0 saturated carbocycles. The van der Waals surface area contributed by atoms with E-state index in [-0.39, 0.29) is 29.4 Å². The molecular formula is C22H23N3O3S3. The molecule has 2 aromatic heterocycles. The Morgan fingerprint density at radius 1 is 1.19 bits per heavy atom. The summed E-state index contributed by atoms with van der Waals surface area (Å²) in [6.07, 6.45) is 1.57. The number of carbonyl (C=O) groups is 1. The van der Waals surface area contributed by atoms with Gasteiger partial charge >= 0.3 is 0 Å². The zero-order valence-electron chi connectivity index (χ0n) is 17.0. The van der Waals surface area contributed by atoms with Crippen LogP contribution >= 0.6 is 22.7 Å². The van der Waals surface area contributed by atoms with Crippen LogP contribution in [0.4, 0.5) is 5.69 Å². The van der Waals surface area contributed by atoms with Crippen LogP contribution in [0.1, 0.15) is 33.8 Å². The number of fused-ring (bicyclic) bond motifs is 2. The quantitative estimate of drug-likeness (QED) is 0.630. The number of amides is 1. The second kappa shape index (κ2) is 7.74. The number of rotatable bonds is 4. The molecule has 0 radical (unpaired) electrons. The zero-order valence-corrected chi connectivity index (χ0v) is 19.5. The third kappa shape index (κ3) is 3.69. The average molecular weight is 474 g/mol. The van der Waals surface area contributed by atoms with Crippen LogP contribution in [0.2, 0.25) is 0 Å². The molecule has 1 aromatic carbocycles. The van der Waals surface area contributed by atoms with Crippen molar-refractivity contribution >= 4 is 44.3 Å². The van der Waals surface area contributed by atoms with E-state index >= 15 is 0 Å². The number of hydrogen-bond acceptors (Lipinski definition) is 6. The van der Waals surface area contributed by atoms with Crippen molar-refractivity contribution < 1.29 is 13.2 Å². The van der Waals surface area contributed by atoms with Gasteiger partial charge in [0.05, 0.1) is 17.5 Å². The van der Waals surface area contributed by atoms with Gasteiger partial charge in [0, 0.05) is 28.0 Å². The molecule has 4 heterocycles. The maximum Gasteiger partial charge on any atom is 0.242 e. The molecule has 1 amide bonds. The largest absolute Gasteiger partial charge is 0.359 e. The molecule has 2 aliphatic rings. The summed E-state index contributed by atoms with van der Waals surface area (Å²) in [7, 11) is -3.75. The number of anilines is 1. The molecule has 0 aliphatic carbocycles.